The Kier molecular flexibility index (Phi) is 4.69. The largest absolute Gasteiger partial charge is 0.508 e. The predicted molar refractivity (Wildman–Crippen MR) is 47.9 cm³/mol. The molecule has 1 fully saturated rings. The van der Waals surface area contributed by atoms with Crippen LogP contribution in [0, 0.1) is 0 Å². The first-order valence-corrected chi connectivity index (χ1v) is 4.82. The third-order valence-electron chi connectivity index (χ3n) is 1.79. The molecule has 5 heteroatoms. The molecule has 2 unspecified atom stereocenters. The van der Waals surface area contributed by atoms with E-state index in [4.69, 9.17) is 14.2 Å². The Labute approximate surface area is 83.3 Å². The molecule has 2 atom stereocenters. The van der Waals surface area contributed by atoms with Crippen LogP contribution in [0.3, 0.4) is 0 Å². The molecule has 0 radical (unpaired) electrons. The fourth-order valence-electron chi connectivity index (χ4n) is 1.13. The van der Waals surface area contributed by atoms with Crippen molar-refractivity contribution in [2.45, 2.75) is 32.7 Å². The zero-order chi connectivity index (χ0) is 10.4. The summed E-state index contributed by atoms with van der Waals surface area (Å²) in [6.07, 6.45) is -0.179. The highest BCUT2D eigenvalue weighted by Gasteiger charge is 2.25. The monoisotopic (exact) mass is 204 g/mol. The molecule has 0 aromatic heterocycles. The van der Waals surface area contributed by atoms with E-state index in [0.29, 0.717) is 13.2 Å². The van der Waals surface area contributed by atoms with Crippen molar-refractivity contribution in [3.8, 4) is 0 Å². The molecule has 0 N–H and O–H groups in total. The number of ether oxygens (including phenoxy) is 4. The third kappa shape index (κ3) is 3.51. The van der Waals surface area contributed by atoms with Gasteiger partial charge in [-0.1, -0.05) is 6.92 Å². The van der Waals surface area contributed by atoms with Crippen molar-refractivity contribution in [3.63, 3.8) is 0 Å². The van der Waals surface area contributed by atoms with Gasteiger partial charge in [0.15, 0.2) is 6.29 Å². The summed E-state index contributed by atoms with van der Waals surface area (Å²) in [5.41, 5.74) is 0. The van der Waals surface area contributed by atoms with Gasteiger partial charge in [-0.3, -0.25) is 0 Å². The molecule has 1 saturated heterocycles. The molecule has 1 rings (SSSR count). The maximum absolute atomic E-state index is 10.8. The van der Waals surface area contributed by atoms with Gasteiger partial charge in [0.25, 0.3) is 0 Å². The van der Waals surface area contributed by atoms with Crippen LogP contribution in [0.5, 0.6) is 0 Å². The van der Waals surface area contributed by atoms with E-state index in [0.717, 1.165) is 6.42 Å². The molecule has 0 aliphatic carbocycles. The molecule has 0 saturated carbocycles. The first kappa shape index (κ1) is 11.3. The van der Waals surface area contributed by atoms with Gasteiger partial charge < -0.3 is 18.9 Å². The second kappa shape index (κ2) is 5.82. The molecular weight excluding hydrogens is 188 g/mol. The Morgan fingerprint density at radius 2 is 2.21 bits per heavy atom. The smallest absolute Gasteiger partial charge is 0.435 e. The van der Waals surface area contributed by atoms with Gasteiger partial charge >= 0.3 is 6.16 Å². The van der Waals surface area contributed by atoms with E-state index in [1.807, 2.05) is 6.92 Å². The van der Waals surface area contributed by atoms with Crippen molar-refractivity contribution < 1.29 is 23.7 Å². The molecule has 14 heavy (non-hydrogen) atoms. The van der Waals surface area contributed by atoms with Gasteiger partial charge in [0.2, 0.25) is 0 Å². The van der Waals surface area contributed by atoms with Crippen molar-refractivity contribution in [1.29, 1.82) is 0 Å². The van der Waals surface area contributed by atoms with Crippen molar-refractivity contribution in [1.82, 2.24) is 0 Å². The highest BCUT2D eigenvalue weighted by Crippen LogP contribution is 2.14. The fraction of sp³-hybridized carbons (Fsp3) is 0.889. The highest BCUT2D eigenvalue weighted by molar-refractivity contribution is 5.59. The van der Waals surface area contributed by atoms with Crippen LogP contribution in [-0.2, 0) is 18.9 Å². The molecule has 1 aliphatic rings. The van der Waals surface area contributed by atoms with Crippen LogP contribution < -0.4 is 0 Å². The van der Waals surface area contributed by atoms with Crippen LogP contribution in [0.4, 0.5) is 4.79 Å². The van der Waals surface area contributed by atoms with Crippen LogP contribution in [0.2, 0.25) is 0 Å². The summed E-state index contributed by atoms with van der Waals surface area (Å²) in [6.45, 7) is 4.68. The van der Waals surface area contributed by atoms with Crippen molar-refractivity contribution in [2.24, 2.45) is 0 Å². The van der Waals surface area contributed by atoms with E-state index in [2.05, 4.69) is 4.74 Å². The van der Waals surface area contributed by atoms with Crippen LogP contribution in [-0.4, -0.2) is 38.4 Å². The molecule has 1 heterocycles. The lowest BCUT2D eigenvalue weighted by molar-refractivity contribution is -0.0699. The SMILES string of the molecule is CCOC(=O)OCC1COC(CC)O1. The zero-order valence-electron chi connectivity index (χ0n) is 8.52. The molecule has 5 nitrogen and oxygen atoms in total. The Morgan fingerprint density at radius 1 is 1.43 bits per heavy atom. The maximum Gasteiger partial charge on any atom is 0.508 e. The third-order valence-corrected chi connectivity index (χ3v) is 1.79. The number of hydrogen-bond acceptors (Lipinski definition) is 5. The number of carbonyl (C=O) groups excluding carboxylic acids is 1. The Hall–Kier alpha value is -0.810. The van der Waals surface area contributed by atoms with E-state index >= 15 is 0 Å². The van der Waals surface area contributed by atoms with E-state index in [1.54, 1.807) is 6.92 Å². The lowest BCUT2D eigenvalue weighted by Gasteiger charge is -2.09. The Bertz CT molecular complexity index is 182. The Balaban J connectivity index is 2.11. The zero-order valence-corrected chi connectivity index (χ0v) is 8.52. The Morgan fingerprint density at radius 3 is 2.79 bits per heavy atom. The summed E-state index contributed by atoms with van der Waals surface area (Å²) >= 11 is 0. The molecule has 1 aliphatic heterocycles. The molecule has 0 aromatic rings. The van der Waals surface area contributed by atoms with Gasteiger partial charge in [-0.15, -0.1) is 0 Å². The van der Waals surface area contributed by atoms with Gasteiger partial charge in [-0.2, -0.15) is 0 Å². The summed E-state index contributed by atoms with van der Waals surface area (Å²) in [4.78, 5) is 10.8. The number of rotatable bonds is 4. The first-order chi connectivity index (χ1) is 6.76. The van der Waals surface area contributed by atoms with Gasteiger partial charge in [-0.25, -0.2) is 4.79 Å². The molecule has 0 spiro atoms. The van der Waals surface area contributed by atoms with Crippen LogP contribution in [0.25, 0.3) is 0 Å². The van der Waals surface area contributed by atoms with Crippen LogP contribution in [0.15, 0.2) is 0 Å². The average molecular weight is 204 g/mol. The number of carbonyl (C=O) groups is 1. The lowest BCUT2D eigenvalue weighted by atomic mass is 10.4. The fourth-order valence-corrected chi connectivity index (χ4v) is 1.13. The minimum atomic E-state index is -0.656. The summed E-state index contributed by atoms with van der Waals surface area (Å²) in [7, 11) is 0. The molecule has 0 aromatic carbocycles. The maximum atomic E-state index is 10.8. The standard InChI is InChI=1S/C9H16O5/c1-3-8-12-5-7(14-8)6-13-9(10)11-4-2/h7-8H,3-6H2,1-2H3. The van der Waals surface area contributed by atoms with Crippen molar-refractivity contribution in [3.05, 3.63) is 0 Å². The van der Waals surface area contributed by atoms with E-state index in [-0.39, 0.29) is 19.0 Å². The van der Waals surface area contributed by atoms with Crippen molar-refractivity contribution in [2.75, 3.05) is 19.8 Å². The topological polar surface area (TPSA) is 54.0 Å². The number of hydrogen-bond donors (Lipinski definition) is 0. The molecular formula is C9H16O5. The van der Waals surface area contributed by atoms with Crippen LogP contribution in [0.1, 0.15) is 20.3 Å². The minimum Gasteiger partial charge on any atom is -0.435 e. The van der Waals surface area contributed by atoms with E-state index < -0.39 is 6.16 Å². The predicted octanol–water partition coefficient (Wildman–Crippen LogP) is 1.31. The summed E-state index contributed by atoms with van der Waals surface area (Å²) < 4.78 is 20.0. The normalized spacial score (nSPS) is 26.1. The molecule has 0 amide bonds. The first-order valence-electron chi connectivity index (χ1n) is 4.82. The van der Waals surface area contributed by atoms with Crippen LogP contribution >= 0.6 is 0 Å². The van der Waals surface area contributed by atoms with E-state index in [9.17, 15) is 4.79 Å². The quantitative estimate of drug-likeness (QED) is 0.646. The van der Waals surface area contributed by atoms with Gasteiger partial charge in [-0.05, 0) is 13.3 Å². The highest BCUT2D eigenvalue weighted by atomic mass is 16.8. The summed E-state index contributed by atoms with van der Waals surface area (Å²) in [6, 6.07) is 0. The van der Waals surface area contributed by atoms with Gasteiger partial charge in [0, 0.05) is 0 Å². The summed E-state index contributed by atoms with van der Waals surface area (Å²) in [5, 5.41) is 0. The summed E-state index contributed by atoms with van der Waals surface area (Å²) in [5.74, 6) is 0. The molecule has 82 valence electrons. The molecule has 0 bridgehead atoms. The second-order valence-electron chi connectivity index (χ2n) is 2.92. The average Bonchev–Trinajstić information content (AvgIpc) is 2.63. The second-order valence-corrected chi connectivity index (χ2v) is 2.92. The van der Waals surface area contributed by atoms with Crippen molar-refractivity contribution >= 4 is 6.16 Å². The minimum absolute atomic E-state index is 0.161. The van der Waals surface area contributed by atoms with Gasteiger partial charge in [0.05, 0.1) is 13.2 Å². The van der Waals surface area contributed by atoms with Gasteiger partial charge in [0.1, 0.15) is 12.7 Å². The van der Waals surface area contributed by atoms with E-state index in [1.165, 1.54) is 0 Å². The lowest BCUT2D eigenvalue weighted by Crippen LogP contribution is -2.21.